The van der Waals surface area contributed by atoms with E-state index in [-0.39, 0.29) is 5.88 Å². The van der Waals surface area contributed by atoms with Gasteiger partial charge in [-0.05, 0) is 18.6 Å². The highest BCUT2D eigenvalue weighted by Crippen LogP contribution is 2.10. The molecule has 3 heteroatoms. The minimum atomic E-state index is 0.287. The van der Waals surface area contributed by atoms with Gasteiger partial charge < -0.3 is 0 Å². The fourth-order valence-electron chi connectivity index (χ4n) is 0.893. The van der Waals surface area contributed by atoms with Gasteiger partial charge in [0.1, 0.15) is 0 Å². The maximum atomic E-state index is 10.5. The van der Waals surface area contributed by atoms with Crippen LogP contribution in [0.1, 0.15) is 21.6 Å². The van der Waals surface area contributed by atoms with Crippen LogP contribution in [0.3, 0.4) is 0 Å². The number of carbonyl (C=O) groups is 1. The first-order valence-corrected chi connectivity index (χ1v) is 3.78. The van der Waals surface area contributed by atoms with Crippen LogP contribution in [-0.4, -0.2) is 11.3 Å². The molecular weight excluding hydrogens is 162 g/mol. The smallest absolute Gasteiger partial charge is 0.152 e. The lowest BCUT2D eigenvalue weighted by Crippen LogP contribution is -1.96. The molecule has 0 amide bonds. The second kappa shape index (κ2) is 3.49. The zero-order valence-electron chi connectivity index (χ0n) is 6.17. The van der Waals surface area contributed by atoms with Gasteiger partial charge in [-0.15, -0.1) is 11.6 Å². The van der Waals surface area contributed by atoms with Gasteiger partial charge in [0, 0.05) is 11.8 Å². The van der Waals surface area contributed by atoms with Gasteiger partial charge in [-0.1, -0.05) is 0 Å². The van der Waals surface area contributed by atoms with Gasteiger partial charge in [0.05, 0.1) is 11.6 Å². The molecule has 0 fully saturated rings. The van der Waals surface area contributed by atoms with E-state index >= 15 is 0 Å². The molecule has 0 aliphatic heterocycles. The van der Waals surface area contributed by atoms with Gasteiger partial charge in [0.25, 0.3) is 0 Å². The minimum Gasteiger partial charge on any atom is -0.298 e. The van der Waals surface area contributed by atoms with E-state index in [0.717, 1.165) is 11.8 Å². The van der Waals surface area contributed by atoms with Gasteiger partial charge in [0.15, 0.2) is 6.29 Å². The van der Waals surface area contributed by atoms with Crippen molar-refractivity contribution in [2.75, 3.05) is 0 Å². The van der Waals surface area contributed by atoms with Crippen molar-refractivity contribution in [2.45, 2.75) is 12.8 Å². The highest BCUT2D eigenvalue weighted by atomic mass is 35.5. The molecule has 0 aliphatic carbocycles. The number of alkyl halides is 1. The van der Waals surface area contributed by atoms with Crippen LogP contribution in [0.15, 0.2) is 12.3 Å². The molecule has 0 radical (unpaired) electrons. The number of hydrogen-bond acceptors (Lipinski definition) is 2. The van der Waals surface area contributed by atoms with Crippen molar-refractivity contribution in [3.63, 3.8) is 0 Å². The third-order valence-corrected chi connectivity index (χ3v) is 1.79. The zero-order chi connectivity index (χ0) is 8.27. The van der Waals surface area contributed by atoms with Crippen LogP contribution in [0.4, 0.5) is 0 Å². The molecule has 11 heavy (non-hydrogen) atoms. The molecule has 0 unspecified atom stereocenters. The Hall–Kier alpha value is -0.890. The number of aldehydes is 1. The van der Waals surface area contributed by atoms with E-state index in [1.807, 2.05) is 6.92 Å². The Morgan fingerprint density at radius 2 is 2.45 bits per heavy atom. The maximum Gasteiger partial charge on any atom is 0.152 e. The first-order chi connectivity index (χ1) is 5.29. The molecule has 0 N–H and O–H groups in total. The summed E-state index contributed by atoms with van der Waals surface area (Å²) in [7, 11) is 0. The number of nitrogens with zero attached hydrogens (tertiary/aromatic N) is 1. The quantitative estimate of drug-likeness (QED) is 0.500. The molecule has 1 rings (SSSR count). The third kappa shape index (κ3) is 1.57. The Morgan fingerprint density at radius 1 is 1.73 bits per heavy atom. The van der Waals surface area contributed by atoms with E-state index < -0.39 is 0 Å². The molecule has 1 aromatic rings. The number of pyridine rings is 1. The fourth-order valence-corrected chi connectivity index (χ4v) is 1.11. The average Bonchev–Trinajstić information content (AvgIpc) is 2.04. The monoisotopic (exact) mass is 169 g/mol. The van der Waals surface area contributed by atoms with Crippen LogP contribution >= 0.6 is 11.6 Å². The van der Waals surface area contributed by atoms with Crippen molar-refractivity contribution in [3.05, 3.63) is 29.1 Å². The standard InChI is InChI=1S/C8H8ClNO/c1-6-2-3-10-8(4-9)7(6)5-11/h2-3,5H,4H2,1H3. The Morgan fingerprint density at radius 3 is 2.91 bits per heavy atom. The van der Waals surface area contributed by atoms with Crippen molar-refractivity contribution >= 4 is 17.9 Å². The molecule has 0 bridgehead atoms. The largest absolute Gasteiger partial charge is 0.298 e. The summed E-state index contributed by atoms with van der Waals surface area (Å²) in [6, 6.07) is 1.79. The predicted molar refractivity (Wildman–Crippen MR) is 43.9 cm³/mol. The van der Waals surface area contributed by atoms with Gasteiger partial charge in [0.2, 0.25) is 0 Å². The minimum absolute atomic E-state index is 0.287. The SMILES string of the molecule is Cc1ccnc(CCl)c1C=O. The summed E-state index contributed by atoms with van der Waals surface area (Å²) in [6.07, 6.45) is 2.44. The van der Waals surface area contributed by atoms with Gasteiger partial charge in [-0.3, -0.25) is 9.78 Å². The summed E-state index contributed by atoms with van der Waals surface area (Å²) in [5, 5.41) is 0. The highest BCUT2D eigenvalue weighted by Gasteiger charge is 2.03. The van der Waals surface area contributed by atoms with E-state index in [1.165, 1.54) is 0 Å². The molecule has 1 aromatic heterocycles. The predicted octanol–water partition coefficient (Wildman–Crippen LogP) is 1.94. The summed E-state index contributed by atoms with van der Waals surface area (Å²) in [5.74, 6) is 0.287. The molecule has 0 atom stereocenters. The Kier molecular flexibility index (Phi) is 2.60. The third-order valence-electron chi connectivity index (χ3n) is 1.54. The average molecular weight is 170 g/mol. The van der Waals surface area contributed by atoms with Crippen LogP contribution in [-0.2, 0) is 5.88 Å². The summed E-state index contributed by atoms with van der Waals surface area (Å²) >= 11 is 5.56. The summed E-state index contributed by atoms with van der Waals surface area (Å²) in [6.45, 7) is 1.86. The number of carbonyl (C=O) groups excluding carboxylic acids is 1. The van der Waals surface area contributed by atoms with E-state index in [2.05, 4.69) is 4.98 Å². The summed E-state index contributed by atoms with van der Waals surface area (Å²) in [4.78, 5) is 14.5. The number of hydrogen-bond donors (Lipinski definition) is 0. The van der Waals surface area contributed by atoms with Crippen molar-refractivity contribution in [1.82, 2.24) is 4.98 Å². The first kappa shape index (κ1) is 8.21. The number of aromatic nitrogens is 1. The molecule has 0 spiro atoms. The number of aryl methyl sites for hydroxylation is 1. The van der Waals surface area contributed by atoms with Crippen LogP contribution in [0.25, 0.3) is 0 Å². The second-order valence-electron chi connectivity index (χ2n) is 2.24. The van der Waals surface area contributed by atoms with E-state index in [4.69, 9.17) is 11.6 Å². The van der Waals surface area contributed by atoms with E-state index in [0.29, 0.717) is 11.3 Å². The van der Waals surface area contributed by atoms with Gasteiger partial charge in [-0.25, -0.2) is 0 Å². The normalized spacial score (nSPS) is 9.64. The molecule has 58 valence electrons. The van der Waals surface area contributed by atoms with Crippen molar-refractivity contribution < 1.29 is 4.79 Å². The fraction of sp³-hybridized carbons (Fsp3) is 0.250. The molecule has 0 saturated carbocycles. The van der Waals surface area contributed by atoms with Crippen LogP contribution in [0, 0.1) is 6.92 Å². The molecule has 2 nitrogen and oxygen atoms in total. The Balaban J connectivity index is 3.24. The maximum absolute atomic E-state index is 10.5. The van der Waals surface area contributed by atoms with Crippen molar-refractivity contribution in [2.24, 2.45) is 0 Å². The number of rotatable bonds is 2. The summed E-state index contributed by atoms with van der Waals surface area (Å²) in [5.41, 5.74) is 2.19. The molecule has 1 heterocycles. The molecule has 0 aromatic carbocycles. The van der Waals surface area contributed by atoms with E-state index in [9.17, 15) is 4.79 Å². The lowest BCUT2D eigenvalue weighted by molar-refractivity contribution is 0.112. The first-order valence-electron chi connectivity index (χ1n) is 3.25. The van der Waals surface area contributed by atoms with Gasteiger partial charge in [-0.2, -0.15) is 0 Å². The van der Waals surface area contributed by atoms with Crippen LogP contribution in [0.5, 0.6) is 0 Å². The number of halogens is 1. The lowest BCUT2D eigenvalue weighted by atomic mass is 10.1. The second-order valence-corrected chi connectivity index (χ2v) is 2.51. The van der Waals surface area contributed by atoms with Crippen molar-refractivity contribution in [3.8, 4) is 0 Å². The Bertz CT molecular complexity index is 273. The van der Waals surface area contributed by atoms with Crippen LogP contribution in [0.2, 0.25) is 0 Å². The van der Waals surface area contributed by atoms with E-state index in [1.54, 1.807) is 12.3 Å². The topological polar surface area (TPSA) is 30.0 Å². The Labute approximate surface area is 70.2 Å². The zero-order valence-corrected chi connectivity index (χ0v) is 6.93. The highest BCUT2D eigenvalue weighted by molar-refractivity contribution is 6.17. The van der Waals surface area contributed by atoms with Crippen molar-refractivity contribution in [1.29, 1.82) is 0 Å². The molecular formula is C8H8ClNO. The van der Waals surface area contributed by atoms with Crippen LogP contribution < -0.4 is 0 Å². The molecule has 0 saturated heterocycles. The lowest BCUT2D eigenvalue weighted by Gasteiger charge is -2.01. The summed E-state index contributed by atoms with van der Waals surface area (Å²) < 4.78 is 0. The van der Waals surface area contributed by atoms with Gasteiger partial charge >= 0.3 is 0 Å². The molecule has 0 aliphatic rings.